The lowest BCUT2D eigenvalue weighted by atomic mass is 9.88. The van der Waals surface area contributed by atoms with Crippen molar-refractivity contribution in [2.45, 2.75) is 37.6 Å². The van der Waals surface area contributed by atoms with Gasteiger partial charge in [0.05, 0.1) is 5.02 Å². The molecule has 1 rings (SSSR count). The lowest BCUT2D eigenvalue weighted by molar-refractivity contribution is -0.0328. The number of hydrogen-bond acceptors (Lipinski definition) is 1. The fraction of sp³-hybridized carbons (Fsp3) is 0.500. The first-order valence-electron chi connectivity index (χ1n) is 5.11. The molecule has 0 radical (unpaired) electrons. The predicted molar refractivity (Wildman–Crippen MR) is 66.5 cm³/mol. The standard InChI is InChI=1S/C12H14ClF3S/c1-11(2,3)7-8-4-5-9(13)10(6-8)17-12(14,15)16/h4-6H,7H2,1-3H3. The maximum Gasteiger partial charge on any atom is 0.446 e. The Bertz CT molecular complexity index is 394. The van der Waals surface area contributed by atoms with Crippen LogP contribution in [0, 0.1) is 5.41 Å². The van der Waals surface area contributed by atoms with Crippen LogP contribution in [-0.4, -0.2) is 5.51 Å². The largest absolute Gasteiger partial charge is 0.446 e. The topological polar surface area (TPSA) is 0 Å². The highest BCUT2D eigenvalue weighted by molar-refractivity contribution is 8.00. The van der Waals surface area contributed by atoms with Gasteiger partial charge in [-0.3, -0.25) is 0 Å². The summed E-state index contributed by atoms with van der Waals surface area (Å²) >= 11 is 5.59. The average Bonchev–Trinajstić information content (AvgIpc) is 2.05. The summed E-state index contributed by atoms with van der Waals surface area (Å²) in [5.41, 5.74) is -3.40. The number of hydrogen-bond donors (Lipinski definition) is 0. The van der Waals surface area contributed by atoms with Crippen molar-refractivity contribution < 1.29 is 13.2 Å². The molecule has 0 aliphatic carbocycles. The molecule has 0 N–H and O–H groups in total. The van der Waals surface area contributed by atoms with Gasteiger partial charge >= 0.3 is 5.51 Å². The number of thioether (sulfide) groups is 1. The summed E-state index contributed by atoms with van der Waals surface area (Å²) in [6.07, 6.45) is 0.718. The Balaban J connectivity index is 2.95. The highest BCUT2D eigenvalue weighted by Gasteiger charge is 2.30. The fourth-order valence-corrected chi connectivity index (χ4v) is 2.33. The zero-order valence-corrected chi connectivity index (χ0v) is 11.4. The van der Waals surface area contributed by atoms with Crippen molar-refractivity contribution in [1.29, 1.82) is 0 Å². The molecule has 0 aromatic heterocycles. The molecule has 0 nitrogen and oxygen atoms in total. The van der Waals surface area contributed by atoms with E-state index in [1.807, 2.05) is 20.8 Å². The number of benzene rings is 1. The van der Waals surface area contributed by atoms with Gasteiger partial charge in [-0.2, -0.15) is 13.2 Å². The van der Waals surface area contributed by atoms with Crippen LogP contribution in [0.2, 0.25) is 5.02 Å². The van der Waals surface area contributed by atoms with Gasteiger partial charge < -0.3 is 0 Å². The molecular formula is C12H14ClF3S. The minimum Gasteiger partial charge on any atom is -0.160 e. The molecule has 0 bridgehead atoms. The third kappa shape index (κ3) is 5.68. The third-order valence-corrected chi connectivity index (χ3v) is 3.19. The van der Waals surface area contributed by atoms with Crippen LogP contribution in [0.25, 0.3) is 0 Å². The zero-order valence-electron chi connectivity index (χ0n) is 9.86. The molecule has 0 amide bonds. The van der Waals surface area contributed by atoms with Crippen molar-refractivity contribution in [1.82, 2.24) is 0 Å². The first-order valence-corrected chi connectivity index (χ1v) is 6.30. The maximum atomic E-state index is 12.3. The molecule has 1 aromatic rings. The molecule has 0 unspecified atom stereocenters. The van der Waals surface area contributed by atoms with Crippen LogP contribution in [0.15, 0.2) is 23.1 Å². The van der Waals surface area contributed by atoms with Gasteiger partial charge in [-0.25, -0.2) is 0 Å². The molecule has 0 aliphatic heterocycles. The molecule has 0 aliphatic rings. The molecule has 0 spiro atoms. The van der Waals surface area contributed by atoms with Gasteiger partial charge in [-0.1, -0.05) is 38.4 Å². The van der Waals surface area contributed by atoms with Gasteiger partial charge in [0.1, 0.15) is 0 Å². The van der Waals surface area contributed by atoms with Crippen LogP contribution in [-0.2, 0) is 6.42 Å². The predicted octanol–water partition coefficient (Wildman–Crippen LogP) is 5.54. The van der Waals surface area contributed by atoms with Gasteiger partial charge in [0.25, 0.3) is 0 Å². The molecule has 0 atom stereocenters. The fourth-order valence-electron chi connectivity index (χ4n) is 1.47. The van der Waals surface area contributed by atoms with Gasteiger partial charge in [0, 0.05) is 4.90 Å². The summed E-state index contributed by atoms with van der Waals surface area (Å²) in [6, 6.07) is 4.82. The van der Waals surface area contributed by atoms with Crippen LogP contribution in [0.5, 0.6) is 0 Å². The second-order valence-electron chi connectivity index (χ2n) is 5.05. The Morgan fingerprint density at radius 2 is 1.76 bits per heavy atom. The van der Waals surface area contributed by atoms with E-state index in [1.54, 1.807) is 6.07 Å². The lowest BCUT2D eigenvalue weighted by Gasteiger charge is -2.19. The van der Waals surface area contributed by atoms with Crippen molar-refractivity contribution in [2.75, 3.05) is 0 Å². The molecular weight excluding hydrogens is 269 g/mol. The van der Waals surface area contributed by atoms with Crippen LogP contribution in [0.1, 0.15) is 26.3 Å². The van der Waals surface area contributed by atoms with Crippen LogP contribution >= 0.6 is 23.4 Å². The van der Waals surface area contributed by atoms with Crippen LogP contribution < -0.4 is 0 Å². The van der Waals surface area contributed by atoms with Crippen LogP contribution in [0.4, 0.5) is 13.2 Å². The summed E-state index contributed by atoms with van der Waals surface area (Å²) < 4.78 is 36.9. The average molecular weight is 283 g/mol. The molecule has 96 valence electrons. The first kappa shape index (κ1) is 14.7. The summed E-state index contributed by atoms with van der Waals surface area (Å²) in [5.74, 6) is 0. The Morgan fingerprint density at radius 3 is 2.24 bits per heavy atom. The van der Waals surface area contributed by atoms with Crippen molar-refractivity contribution >= 4 is 23.4 Å². The highest BCUT2D eigenvalue weighted by atomic mass is 35.5. The SMILES string of the molecule is CC(C)(C)Cc1ccc(Cl)c(SC(F)(F)F)c1. The minimum atomic E-state index is -4.30. The van der Waals surface area contributed by atoms with Crippen molar-refractivity contribution in [3.05, 3.63) is 28.8 Å². The quantitative estimate of drug-likeness (QED) is 0.642. The molecule has 0 saturated heterocycles. The van der Waals surface area contributed by atoms with E-state index < -0.39 is 5.51 Å². The van der Waals surface area contributed by atoms with E-state index in [4.69, 9.17) is 11.6 Å². The lowest BCUT2D eigenvalue weighted by Crippen LogP contribution is -2.09. The van der Waals surface area contributed by atoms with E-state index in [0.717, 1.165) is 12.0 Å². The van der Waals surface area contributed by atoms with E-state index >= 15 is 0 Å². The normalized spacial score (nSPS) is 12.9. The molecule has 0 saturated carbocycles. The van der Waals surface area contributed by atoms with Gasteiger partial charge in [-0.05, 0) is 41.3 Å². The number of rotatable bonds is 2. The van der Waals surface area contributed by atoms with Crippen molar-refractivity contribution in [3.63, 3.8) is 0 Å². The van der Waals surface area contributed by atoms with Crippen LogP contribution in [0.3, 0.4) is 0 Å². The second-order valence-corrected chi connectivity index (χ2v) is 6.56. The summed E-state index contributed by atoms with van der Waals surface area (Å²) in [6.45, 7) is 6.12. The number of halogens is 4. The first-order chi connectivity index (χ1) is 7.57. The molecule has 1 aromatic carbocycles. The zero-order chi connectivity index (χ0) is 13.3. The van der Waals surface area contributed by atoms with E-state index in [-0.39, 0.29) is 27.1 Å². The smallest absolute Gasteiger partial charge is 0.160 e. The van der Waals surface area contributed by atoms with Crippen molar-refractivity contribution in [3.8, 4) is 0 Å². The van der Waals surface area contributed by atoms with Crippen molar-refractivity contribution in [2.24, 2.45) is 5.41 Å². The molecule has 0 fully saturated rings. The minimum absolute atomic E-state index is 0.0357. The third-order valence-electron chi connectivity index (χ3n) is 1.96. The Labute approximate surface area is 109 Å². The summed E-state index contributed by atoms with van der Waals surface area (Å²) in [4.78, 5) is 0.0703. The van der Waals surface area contributed by atoms with Gasteiger partial charge in [0.2, 0.25) is 0 Å². The molecule has 5 heteroatoms. The Hall–Kier alpha value is -0.350. The van der Waals surface area contributed by atoms with Gasteiger partial charge in [-0.15, -0.1) is 0 Å². The number of alkyl halides is 3. The monoisotopic (exact) mass is 282 g/mol. The van der Waals surface area contributed by atoms with E-state index in [0.29, 0.717) is 0 Å². The van der Waals surface area contributed by atoms with E-state index in [1.165, 1.54) is 12.1 Å². The molecule has 0 heterocycles. The highest BCUT2D eigenvalue weighted by Crippen LogP contribution is 2.41. The van der Waals surface area contributed by atoms with Gasteiger partial charge in [0.15, 0.2) is 0 Å². The summed E-state index contributed by atoms with van der Waals surface area (Å²) in [7, 11) is 0. The van der Waals surface area contributed by atoms with E-state index in [9.17, 15) is 13.2 Å². The maximum absolute atomic E-state index is 12.3. The molecule has 17 heavy (non-hydrogen) atoms. The van der Waals surface area contributed by atoms with E-state index in [2.05, 4.69) is 0 Å². The Kier molecular flexibility index (Phi) is 4.42. The summed E-state index contributed by atoms with van der Waals surface area (Å²) in [5, 5.41) is 0.144. The Morgan fingerprint density at radius 1 is 1.18 bits per heavy atom. The second kappa shape index (κ2) is 5.11.